The molecule has 6 nitrogen and oxygen atoms in total. The van der Waals surface area contributed by atoms with Crippen molar-refractivity contribution >= 4 is 11.9 Å². The molecule has 2 unspecified atom stereocenters. The summed E-state index contributed by atoms with van der Waals surface area (Å²) in [6.45, 7) is 4.95. The monoisotopic (exact) mass is 1060 g/mol. The summed E-state index contributed by atoms with van der Waals surface area (Å²) < 4.78 is 5.49. The Hall–Kier alpha value is -1.40. The first-order valence-electron chi connectivity index (χ1n) is 34.5. The maximum atomic E-state index is 12.5. The van der Waals surface area contributed by atoms with E-state index in [-0.39, 0.29) is 18.5 Å². The second-order valence-corrected chi connectivity index (χ2v) is 23.9. The molecule has 0 fully saturated rings. The van der Waals surface area contributed by atoms with Gasteiger partial charge in [-0.1, -0.05) is 360 Å². The Morgan fingerprint density at radius 2 is 0.613 bits per heavy atom. The summed E-state index contributed by atoms with van der Waals surface area (Å²) >= 11 is 0. The molecule has 0 saturated heterocycles. The third-order valence-electron chi connectivity index (χ3n) is 16.3. The summed E-state index contributed by atoms with van der Waals surface area (Å²) in [7, 11) is 0. The third-order valence-corrected chi connectivity index (χ3v) is 16.3. The number of hydrogen-bond acceptors (Lipinski definition) is 5. The first-order chi connectivity index (χ1) is 37.0. The predicted octanol–water partition coefficient (Wildman–Crippen LogP) is 22.0. The van der Waals surface area contributed by atoms with E-state index in [1.54, 1.807) is 6.08 Å². The van der Waals surface area contributed by atoms with Gasteiger partial charge in [-0.2, -0.15) is 0 Å². The fourth-order valence-corrected chi connectivity index (χ4v) is 11.1. The number of esters is 1. The number of ether oxygens (including phenoxy) is 1. The lowest BCUT2D eigenvalue weighted by Crippen LogP contribution is -2.45. The molecule has 0 heterocycles. The largest absolute Gasteiger partial charge is 0.466 e. The minimum atomic E-state index is -0.845. The number of hydrogen-bond donors (Lipinski definition) is 3. The molecule has 0 aromatic rings. The molecule has 6 heteroatoms. The van der Waals surface area contributed by atoms with Crippen molar-refractivity contribution in [1.29, 1.82) is 0 Å². The van der Waals surface area contributed by atoms with Crippen LogP contribution in [0.25, 0.3) is 0 Å². The third kappa shape index (κ3) is 61.7. The number of carbonyl (C=O) groups excluding carboxylic acids is 2. The number of rotatable bonds is 65. The Morgan fingerprint density at radius 3 is 0.907 bits per heavy atom. The summed E-state index contributed by atoms with van der Waals surface area (Å²) in [6.07, 6.45) is 79.9. The molecule has 0 rings (SSSR count). The smallest absolute Gasteiger partial charge is 0.305 e. The average Bonchev–Trinajstić information content (AvgIpc) is 3.41. The topological polar surface area (TPSA) is 95.9 Å². The van der Waals surface area contributed by atoms with Crippen LogP contribution in [0.4, 0.5) is 0 Å². The summed E-state index contributed by atoms with van der Waals surface area (Å²) in [5, 5.41) is 23.3. The number of aliphatic hydroxyl groups excluding tert-OH is 2. The Bertz CT molecular complexity index is 1130. The van der Waals surface area contributed by atoms with E-state index in [1.165, 1.54) is 327 Å². The molecule has 0 aromatic carbocycles. The molecule has 2 atom stereocenters. The number of carbonyl (C=O) groups is 2. The van der Waals surface area contributed by atoms with Crippen molar-refractivity contribution in [3.8, 4) is 0 Å². The molecular formula is C69H135NO5. The van der Waals surface area contributed by atoms with Gasteiger partial charge in [0.05, 0.1) is 25.4 Å². The Labute approximate surface area is 469 Å². The van der Waals surface area contributed by atoms with Crippen LogP contribution in [-0.4, -0.2) is 47.4 Å². The summed E-state index contributed by atoms with van der Waals surface area (Å²) in [4.78, 5) is 24.6. The fraction of sp³-hybridized carbons (Fsp3) is 0.942. The van der Waals surface area contributed by atoms with E-state index in [9.17, 15) is 19.8 Å². The molecule has 3 N–H and O–H groups in total. The van der Waals surface area contributed by atoms with Gasteiger partial charge >= 0.3 is 5.97 Å². The Morgan fingerprint density at radius 1 is 0.360 bits per heavy atom. The second-order valence-electron chi connectivity index (χ2n) is 23.9. The van der Waals surface area contributed by atoms with E-state index in [1.807, 2.05) is 6.08 Å². The minimum absolute atomic E-state index is 0.0153. The zero-order chi connectivity index (χ0) is 54.3. The number of unbranched alkanes of at least 4 members (excludes halogenated alkanes) is 54. The van der Waals surface area contributed by atoms with Crippen molar-refractivity contribution in [3.63, 3.8) is 0 Å². The molecule has 0 spiro atoms. The van der Waals surface area contributed by atoms with Crippen LogP contribution in [0.5, 0.6) is 0 Å². The van der Waals surface area contributed by atoms with E-state index in [0.717, 1.165) is 38.5 Å². The molecule has 0 saturated carbocycles. The van der Waals surface area contributed by atoms with Gasteiger partial charge in [0, 0.05) is 12.8 Å². The van der Waals surface area contributed by atoms with Crippen LogP contribution < -0.4 is 5.32 Å². The fourth-order valence-electron chi connectivity index (χ4n) is 11.1. The molecular weight excluding hydrogens is 923 g/mol. The lowest BCUT2D eigenvalue weighted by molar-refractivity contribution is -0.143. The molecule has 0 radical (unpaired) electrons. The number of aliphatic hydroxyl groups is 2. The maximum absolute atomic E-state index is 12.5. The van der Waals surface area contributed by atoms with Crippen LogP contribution in [0.1, 0.15) is 393 Å². The van der Waals surface area contributed by atoms with Gasteiger partial charge in [0.2, 0.25) is 5.91 Å². The average molecular weight is 1060 g/mol. The highest BCUT2D eigenvalue weighted by Crippen LogP contribution is 2.19. The first-order valence-corrected chi connectivity index (χ1v) is 34.5. The second kappa shape index (κ2) is 65.1. The van der Waals surface area contributed by atoms with Crippen LogP contribution in [0, 0.1) is 0 Å². The van der Waals surface area contributed by atoms with Gasteiger partial charge in [-0.3, -0.25) is 9.59 Å². The van der Waals surface area contributed by atoms with Crippen LogP contribution in [-0.2, 0) is 14.3 Å². The van der Waals surface area contributed by atoms with Gasteiger partial charge in [0.15, 0.2) is 0 Å². The molecule has 446 valence electrons. The zero-order valence-electron chi connectivity index (χ0n) is 51.1. The highest BCUT2D eigenvalue weighted by Gasteiger charge is 2.18. The van der Waals surface area contributed by atoms with E-state index in [4.69, 9.17) is 4.74 Å². The van der Waals surface area contributed by atoms with Crippen molar-refractivity contribution in [1.82, 2.24) is 5.32 Å². The minimum Gasteiger partial charge on any atom is -0.466 e. The van der Waals surface area contributed by atoms with Gasteiger partial charge in [-0.15, -0.1) is 0 Å². The summed E-state index contributed by atoms with van der Waals surface area (Å²) in [5.41, 5.74) is 0. The van der Waals surface area contributed by atoms with Crippen molar-refractivity contribution in [2.45, 2.75) is 405 Å². The molecule has 0 aliphatic heterocycles. The zero-order valence-corrected chi connectivity index (χ0v) is 51.1. The van der Waals surface area contributed by atoms with Crippen molar-refractivity contribution < 1.29 is 24.5 Å². The molecule has 75 heavy (non-hydrogen) atoms. The standard InChI is InChI=1S/C69H135NO5/c1-3-5-7-9-11-13-15-17-18-19-20-21-22-25-28-31-34-38-41-45-49-53-57-61-67(72)66(65-71)70-68(73)62-58-54-50-46-42-39-35-32-29-26-23-24-27-30-33-36-40-44-48-52-56-60-64-75-69(74)63-59-55-51-47-43-37-16-14-12-10-8-6-4-2/h57,61,66-67,71-72H,3-56,58-60,62-65H2,1-2H3,(H,70,73)/b61-57+. The van der Waals surface area contributed by atoms with Crippen molar-refractivity contribution in [2.24, 2.45) is 0 Å². The van der Waals surface area contributed by atoms with Gasteiger partial charge in [0.25, 0.3) is 0 Å². The predicted molar refractivity (Wildman–Crippen MR) is 329 cm³/mol. The number of amides is 1. The van der Waals surface area contributed by atoms with Gasteiger partial charge in [-0.25, -0.2) is 0 Å². The molecule has 0 aromatic heterocycles. The van der Waals surface area contributed by atoms with Crippen LogP contribution >= 0.6 is 0 Å². The van der Waals surface area contributed by atoms with Gasteiger partial charge < -0.3 is 20.3 Å². The number of nitrogens with one attached hydrogen (secondary N) is 1. The van der Waals surface area contributed by atoms with Crippen molar-refractivity contribution in [2.75, 3.05) is 13.2 Å². The SMILES string of the molecule is CCCCCCCCCCCCCCCCCCCCCCC/C=C/C(O)C(CO)NC(=O)CCCCCCCCCCCCCCCCCCCCCCCCOC(=O)CCCCCCCCCCCCCCC. The van der Waals surface area contributed by atoms with Gasteiger partial charge in [0.1, 0.15) is 0 Å². The number of allylic oxidation sites excluding steroid dienone is 1. The van der Waals surface area contributed by atoms with E-state index in [2.05, 4.69) is 19.2 Å². The van der Waals surface area contributed by atoms with Gasteiger partial charge in [-0.05, 0) is 32.1 Å². The lowest BCUT2D eigenvalue weighted by atomic mass is 10.0. The van der Waals surface area contributed by atoms with Crippen LogP contribution in [0.2, 0.25) is 0 Å². The first kappa shape index (κ1) is 73.6. The molecule has 1 amide bonds. The molecule has 0 aliphatic carbocycles. The molecule has 0 aliphatic rings. The summed E-state index contributed by atoms with van der Waals surface area (Å²) in [5.74, 6) is -0.0480. The normalized spacial score (nSPS) is 12.5. The van der Waals surface area contributed by atoms with Crippen molar-refractivity contribution in [3.05, 3.63) is 12.2 Å². The Balaban J connectivity index is 3.40. The van der Waals surface area contributed by atoms with E-state index in [0.29, 0.717) is 19.4 Å². The quantitative estimate of drug-likeness (QED) is 0.0320. The highest BCUT2D eigenvalue weighted by molar-refractivity contribution is 5.76. The van der Waals surface area contributed by atoms with E-state index < -0.39 is 12.1 Å². The van der Waals surface area contributed by atoms with Crippen LogP contribution in [0.3, 0.4) is 0 Å². The van der Waals surface area contributed by atoms with E-state index >= 15 is 0 Å². The molecule has 0 bridgehead atoms. The Kier molecular flexibility index (Phi) is 63.9. The lowest BCUT2D eigenvalue weighted by Gasteiger charge is -2.20. The van der Waals surface area contributed by atoms with Crippen LogP contribution in [0.15, 0.2) is 12.2 Å². The maximum Gasteiger partial charge on any atom is 0.305 e. The summed E-state index contributed by atoms with van der Waals surface area (Å²) in [6, 6.07) is -0.628. The highest BCUT2D eigenvalue weighted by atomic mass is 16.5.